The molecule has 1 aromatic heterocycles. The minimum Gasteiger partial charge on any atom is -0.478 e. The molecule has 2 rings (SSSR count). The molecule has 0 saturated carbocycles. The minimum absolute atomic E-state index is 0.250. The van der Waals surface area contributed by atoms with E-state index in [2.05, 4.69) is 11.2 Å². The molecule has 4 nitrogen and oxygen atoms in total. The van der Waals surface area contributed by atoms with E-state index in [4.69, 9.17) is 5.11 Å². The summed E-state index contributed by atoms with van der Waals surface area (Å²) in [7, 11) is 1.80. The second-order valence-electron chi connectivity index (χ2n) is 3.16. The lowest BCUT2D eigenvalue weighted by Gasteiger charge is -2.05. The van der Waals surface area contributed by atoms with E-state index in [0.717, 1.165) is 0 Å². The van der Waals surface area contributed by atoms with Crippen molar-refractivity contribution in [1.29, 1.82) is 0 Å². The molecule has 15 heavy (non-hydrogen) atoms. The van der Waals surface area contributed by atoms with E-state index in [1.807, 2.05) is 0 Å². The molecule has 4 heteroatoms. The van der Waals surface area contributed by atoms with Crippen molar-refractivity contribution in [3.05, 3.63) is 42.2 Å². The molecule has 1 heterocycles. The van der Waals surface area contributed by atoms with Gasteiger partial charge in [0.25, 0.3) is 0 Å². The average molecular weight is 201 g/mol. The monoisotopic (exact) mass is 201 g/mol. The van der Waals surface area contributed by atoms with Crippen LogP contribution in [0.5, 0.6) is 0 Å². The highest BCUT2D eigenvalue weighted by atomic mass is 16.4. The SMILES string of the molecule is Cn1c[c]nc1-c1ccccc1C(=O)O. The zero-order valence-corrected chi connectivity index (χ0v) is 8.14. The van der Waals surface area contributed by atoms with Crippen LogP contribution in [0.15, 0.2) is 30.5 Å². The molecule has 2 aromatic rings. The highest BCUT2D eigenvalue weighted by molar-refractivity contribution is 5.94. The first-order chi connectivity index (χ1) is 7.20. The van der Waals surface area contributed by atoms with Gasteiger partial charge < -0.3 is 9.67 Å². The summed E-state index contributed by atoms with van der Waals surface area (Å²) < 4.78 is 1.74. The van der Waals surface area contributed by atoms with Crippen LogP contribution in [0.2, 0.25) is 0 Å². The van der Waals surface area contributed by atoms with Gasteiger partial charge in [0.15, 0.2) is 0 Å². The van der Waals surface area contributed by atoms with Gasteiger partial charge in [0.05, 0.1) is 5.56 Å². The van der Waals surface area contributed by atoms with E-state index < -0.39 is 5.97 Å². The fourth-order valence-corrected chi connectivity index (χ4v) is 1.43. The molecule has 0 aliphatic carbocycles. The van der Waals surface area contributed by atoms with E-state index in [1.54, 1.807) is 42.1 Å². The van der Waals surface area contributed by atoms with Crippen LogP contribution >= 0.6 is 0 Å². The van der Waals surface area contributed by atoms with Gasteiger partial charge in [-0.2, -0.15) is 0 Å². The largest absolute Gasteiger partial charge is 0.478 e. The molecule has 75 valence electrons. The van der Waals surface area contributed by atoms with Gasteiger partial charge in [-0.05, 0) is 6.07 Å². The molecule has 0 amide bonds. The summed E-state index contributed by atoms with van der Waals surface area (Å²) in [4.78, 5) is 15.0. The fraction of sp³-hybridized carbons (Fsp3) is 0.0909. The van der Waals surface area contributed by atoms with Gasteiger partial charge in [-0.15, -0.1) is 0 Å². The van der Waals surface area contributed by atoms with Crippen molar-refractivity contribution in [2.24, 2.45) is 7.05 Å². The summed E-state index contributed by atoms with van der Waals surface area (Å²) in [5.74, 6) is -0.346. The molecule has 1 N–H and O–H groups in total. The summed E-state index contributed by atoms with van der Waals surface area (Å²) in [5, 5.41) is 9.01. The minimum atomic E-state index is -0.950. The van der Waals surface area contributed by atoms with Crippen molar-refractivity contribution in [2.45, 2.75) is 0 Å². The maximum atomic E-state index is 11.0. The highest BCUT2D eigenvalue weighted by Crippen LogP contribution is 2.20. The number of carbonyl (C=O) groups is 1. The topological polar surface area (TPSA) is 55.1 Å². The number of imidazole rings is 1. The molecule has 0 aliphatic heterocycles. The highest BCUT2D eigenvalue weighted by Gasteiger charge is 2.13. The number of hydrogen-bond donors (Lipinski definition) is 1. The Morgan fingerprint density at radius 1 is 1.47 bits per heavy atom. The number of hydrogen-bond acceptors (Lipinski definition) is 2. The molecular weight excluding hydrogens is 192 g/mol. The Balaban J connectivity index is 2.63. The van der Waals surface area contributed by atoms with Crippen LogP contribution in [0.3, 0.4) is 0 Å². The predicted octanol–water partition coefficient (Wildman–Crippen LogP) is 1.59. The molecule has 0 unspecified atom stereocenters. The summed E-state index contributed by atoms with van der Waals surface area (Å²) in [6.45, 7) is 0. The molecule has 0 spiro atoms. The Hall–Kier alpha value is -2.10. The first-order valence-corrected chi connectivity index (χ1v) is 4.42. The molecular formula is C11H9N2O2. The van der Waals surface area contributed by atoms with Crippen molar-refractivity contribution >= 4 is 5.97 Å². The maximum absolute atomic E-state index is 11.0. The first kappa shape index (κ1) is 9.45. The molecule has 0 saturated heterocycles. The lowest BCUT2D eigenvalue weighted by molar-refractivity contribution is 0.0697. The molecule has 0 atom stereocenters. The van der Waals surface area contributed by atoms with Crippen LogP contribution in [0, 0.1) is 6.20 Å². The van der Waals surface area contributed by atoms with Crippen LogP contribution in [0.25, 0.3) is 11.4 Å². The number of carboxylic acids is 1. The predicted molar refractivity (Wildman–Crippen MR) is 54.4 cm³/mol. The van der Waals surface area contributed by atoms with Crippen molar-refractivity contribution in [2.75, 3.05) is 0 Å². The molecule has 0 fully saturated rings. The number of carboxylic acid groups (broad SMARTS) is 1. The van der Waals surface area contributed by atoms with Gasteiger partial charge in [-0.3, -0.25) is 0 Å². The van der Waals surface area contributed by atoms with E-state index in [1.165, 1.54) is 0 Å². The van der Waals surface area contributed by atoms with E-state index >= 15 is 0 Å². The second kappa shape index (κ2) is 3.57. The molecule has 0 bridgehead atoms. The Morgan fingerprint density at radius 2 is 2.20 bits per heavy atom. The second-order valence-corrected chi connectivity index (χ2v) is 3.16. The van der Waals surface area contributed by atoms with Crippen LogP contribution in [0.4, 0.5) is 0 Å². The zero-order chi connectivity index (χ0) is 10.8. The third kappa shape index (κ3) is 1.61. The van der Waals surface area contributed by atoms with E-state index in [0.29, 0.717) is 11.4 Å². The van der Waals surface area contributed by atoms with Crippen molar-refractivity contribution in [3.8, 4) is 11.4 Å². The van der Waals surface area contributed by atoms with Crippen LogP contribution in [-0.2, 0) is 7.05 Å². The smallest absolute Gasteiger partial charge is 0.336 e. The quantitative estimate of drug-likeness (QED) is 0.802. The Bertz CT molecular complexity index is 503. The maximum Gasteiger partial charge on any atom is 0.336 e. The van der Waals surface area contributed by atoms with E-state index in [9.17, 15) is 4.79 Å². The number of nitrogens with zero attached hydrogens (tertiary/aromatic N) is 2. The third-order valence-corrected chi connectivity index (χ3v) is 2.15. The molecule has 0 aliphatic rings. The molecule has 1 radical (unpaired) electrons. The summed E-state index contributed by atoms with van der Waals surface area (Å²) in [6.07, 6.45) is 4.34. The van der Waals surface area contributed by atoms with Crippen molar-refractivity contribution in [1.82, 2.24) is 9.55 Å². The average Bonchev–Trinajstić information content (AvgIpc) is 2.64. The standard InChI is InChI=1S/C11H9N2O2/c1-13-7-6-12-10(13)8-4-2-3-5-9(8)11(14)15/h2-5,7H,1H3,(H,14,15). The van der Waals surface area contributed by atoms with Gasteiger partial charge in [0.2, 0.25) is 0 Å². The van der Waals surface area contributed by atoms with E-state index in [-0.39, 0.29) is 5.56 Å². The third-order valence-electron chi connectivity index (χ3n) is 2.15. The van der Waals surface area contributed by atoms with Crippen LogP contribution in [-0.4, -0.2) is 20.6 Å². The lowest BCUT2D eigenvalue weighted by Crippen LogP contribution is -2.02. The van der Waals surface area contributed by atoms with Crippen LogP contribution < -0.4 is 0 Å². The number of aromatic carboxylic acids is 1. The number of benzene rings is 1. The van der Waals surface area contributed by atoms with Crippen molar-refractivity contribution < 1.29 is 9.90 Å². The zero-order valence-electron chi connectivity index (χ0n) is 8.14. The summed E-state index contributed by atoms with van der Waals surface area (Å²) >= 11 is 0. The first-order valence-electron chi connectivity index (χ1n) is 4.42. The van der Waals surface area contributed by atoms with Gasteiger partial charge in [-0.1, -0.05) is 18.2 Å². The van der Waals surface area contributed by atoms with Crippen molar-refractivity contribution in [3.63, 3.8) is 0 Å². The normalized spacial score (nSPS) is 10.2. The fourth-order valence-electron chi connectivity index (χ4n) is 1.43. The number of aromatic nitrogens is 2. The summed E-state index contributed by atoms with van der Waals surface area (Å²) in [5.41, 5.74) is 0.856. The number of aryl methyl sites for hydroxylation is 1. The van der Waals surface area contributed by atoms with Gasteiger partial charge >= 0.3 is 5.97 Å². The molecule has 1 aromatic carbocycles. The Kier molecular flexibility index (Phi) is 2.25. The van der Waals surface area contributed by atoms with Crippen LogP contribution in [0.1, 0.15) is 10.4 Å². The Labute approximate surface area is 86.8 Å². The summed E-state index contributed by atoms with van der Waals surface area (Å²) in [6, 6.07) is 6.78. The van der Waals surface area contributed by atoms with Gasteiger partial charge in [0.1, 0.15) is 12.0 Å². The number of rotatable bonds is 2. The van der Waals surface area contributed by atoms with Gasteiger partial charge in [0, 0.05) is 18.8 Å². The van der Waals surface area contributed by atoms with Gasteiger partial charge in [-0.25, -0.2) is 9.78 Å². The Morgan fingerprint density at radius 3 is 2.80 bits per heavy atom. The lowest BCUT2D eigenvalue weighted by atomic mass is 10.1.